The van der Waals surface area contributed by atoms with E-state index in [1.165, 1.54) is 14.0 Å². The molecule has 1 aromatic rings. The summed E-state index contributed by atoms with van der Waals surface area (Å²) in [6.07, 6.45) is 0.706. The third-order valence-corrected chi connectivity index (χ3v) is 2.81. The summed E-state index contributed by atoms with van der Waals surface area (Å²) < 4.78 is 5.39. The summed E-state index contributed by atoms with van der Waals surface area (Å²) in [4.78, 5) is 23.9. The average Bonchev–Trinajstić information content (AvgIpc) is 2.67. The number of carboxylic acids is 1. The molecular formula is C12H17NO4. The van der Waals surface area contributed by atoms with Crippen LogP contribution in [0.5, 0.6) is 0 Å². The first-order chi connectivity index (χ1) is 7.88. The molecule has 0 spiro atoms. The minimum absolute atomic E-state index is 0.190. The molecule has 0 aromatic carbocycles. The fourth-order valence-electron chi connectivity index (χ4n) is 1.49. The molecule has 1 amide bonds. The fourth-order valence-corrected chi connectivity index (χ4v) is 1.49. The van der Waals surface area contributed by atoms with E-state index in [0.717, 1.165) is 16.2 Å². The SMILES string of the molecule is CCc1oc(C(=O)N(C)C(C)C(=O)O)cc1C. The number of furan rings is 1. The Bertz CT molecular complexity index is 436. The van der Waals surface area contributed by atoms with Gasteiger partial charge in [-0.25, -0.2) is 4.79 Å². The van der Waals surface area contributed by atoms with E-state index in [9.17, 15) is 9.59 Å². The maximum absolute atomic E-state index is 11.9. The number of rotatable bonds is 4. The predicted molar refractivity (Wildman–Crippen MR) is 62.0 cm³/mol. The number of hydrogen-bond acceptors (Lipinski definition) is 3. The quantitative estimate of drug-likeness (QED) is 0.868. The Balaban J connectivity index is 2.92. The zero-order chi connectivity index (χ0) is 13.2. The molecule has 1 atom stereocenters. The second kappa shape index (κ2) is 5.03. The van der Waals surface area contributed by atoms with Crippen molar-refractivity contribution in [3.8, 4) is 0 Å². The van der Waals surface area contributed by atoms with Gasteiger partial charge in [0.1, 0.15) is 11.8 Å². The van der Waals surface area contributed by atoms with Crippen LogP contribution in [0.1, 0.15) is 35.7 Å². The molecule has 0 radical (unpaired) electrons. The largest absolute Gasteiger partial charge is 0.480 e. The van der Waals surface area contributed by atoms with Crippen LogP contribution in [-0.4, -0.2) is 35.0 Å². The highest BCUT2D eigenvalue weighted by atomic mass is 16.4. The monoisotopic (exact) mass is 239 g/mol. The Morgan fingerprint density at radius 3 is 2.53 bits per heavy atom. The number of carbonyl (C=O) groups excluding carboxylic acids is 1. The fraction of sp³-hybridized carbons (Fsp3) is 0.500. The molecule has 1 N–H and O–H groups in total. The minimum Gasteiger partial charge on any atom is -0.480 e. The van der Waals surface area contributed by atoms with Crippen LogP contribution in [0.15, 0.2) is 10.5 Å². The van der Waals surface area contributed by atoms with Crippen molar-refractivity contribution in [2.45, 2.75) is 33.2 Å². The standard InChI is InChI=1S/C12H17NO4/c1-5-9-7(2)6-10(17-9)11(14)13(4)8(3)12(15)16/h6,8H,5H2,1-4H3,(H,15,16). The first-order valence-electron chi connectivity index (χ1n) is 5.47. The maximum atomic E-state index is 11.9. The van der Waals surface area contributed by atoms with Crippen molar-refractivity contribution in [1.29, 1.82) is 0 Å². The van der Waals surface area contributed by atoms with Crippen molar-refractivity contribution in [3.63, 3.8) is 0 Å². The Morgan fingerprint density at radius 2 is 2.12 bits per heavy atom. The number of carbonyl (C=O) groups is 2. The highest BCUT2D eigenvalue weighted by molar-refractivity contribution is 5.94. The molecule has 0 fully saturated rings. The van der Waals surface area contributed by atoms with Gasteiger partial charge in [-0.05, 0) is 25.5 Å². The zero-order valence-electron chi connectivity index (χ0n) is 10.5. The van der Waals surface area contributed by atoms with Gasteiger partial charge in [-0.2, -0.15) is 0 Å². The van der Waals surface area contributed by atoms with E-state index in [0.29, 0.717) is 6.42 Å². The van der Waals surface area contributed by atoms with Crippen LogP contribution in [0.4, 0.5) is 0 Å². The molecule has 5 nitrogen and oxygen atoms in total. The molecule has 5 heteroatoms. The van der Waals surface area contributed by atoms with Gasteiger partial charge in [0.25, 0.3) is 5.91 Å². The summed E-state index contributed by atoms with van der Waals surface area (Å²) in [5.74, 6) is -0.512. The van der Waals surface area contributed by atoms with Crippen molar-refractivity contribution in [2.24, 2.45) is 0 Å². The second-order valence-electron chi connectivity index (χ2n) is 4.00. The first kappa shape index (κ1) is 13.3. The molecule has 1 unspecified atom stereocenters. The summed E-state index contributed by atoms with van der Waals surface area (Å²) in [7, 11) is 1.45. The lowest BCUT2D eigenvalue weighted by atomic mass is 10.2. The van der Waals surface area contributed by atoms with Crippen LogP contribution in [0.25, 0.3) is 0 Å². The van der Waals surface area contributed by atoms with Crippen LogP contribution in [0.3, 0.4) is 0 Å². The summed E-state index contributed by atoms with van der Waals surface area (Å²) in [6.45, 7) is 5.25. The van der Waals surface area contributed by atoms with Gasteiger partial charge in [0, 0.05) is 13.5 Å². The van der Waals surface area contributed by atoms with Crippen molar-refractivity contribution in [3.05, 3.63) is 23.2 Å². The van der Waals surface area contributed by atoms with Gasteiger partial charge in [-0.3, -0.25) is 4.79 Å². The third-order valence-electron chi connectivity index (χ3n) is 2.81. The Morgan fingerprint density at radius 1 is 1.53 bits per heavy atom. The van der Waals surface area contributed by atoms with Gasteiger partial charge in [0.2, 0.25) is 0 Å². The molecule has 0 aliphatic rings. The van der Waals surface area contributed by atoms with Gasteiger partial charge < -0.3 is 14.4 Å². The number of amides is 1. The van der Waals surface area contributed by atoms with E-state index in [1.54, 1.807) is 6.07 Å². The molecule has 17 heavy (non-hydrogen) atoms. The molecule has 0 aliphatic carbocycles. The third kappa shape index (κ3) is 2.67. The lowest BCUT2D eigenvalue weighted by molar-refractivity contribution is -0.141. The van der Waals surface area contributed by atoms with Gasteiger partial charge >= 0.3 is 5.97 Å². The van der Waals surface area contributed by atoms with Crippen LogP contribution < -0.4 is 0 Å². The smallest absolute Gasteiger partial charge is 0.326 e. The molecule has 0 aliphatic heterocycles. The Kier molecular flexibility index (Phi) is 3.93. The highest BCUT2D eigenvalue weighted by Crippen LogP contribution is 2.17. The summed E-state index contributed by atoms with van der Waals surface area (Å²) >= 11 is 0. The normalized spacial score (nSPS) is 12.2. The molecule has 0 bridgehead atoms. The first-order valence-corrected chi connectivity index (χ1v) is 5.47. The molecular weight excluding hydrogens is 222 g/mol. The van der Waals surface area contributed by atoms with Crippen molar-refractivity contribution in [2.75, 3.05) is 7.05 Å². The van der Waals surface area contributed by atoms with Crippen LogP contribution in [0.2, 0.25) is 0 Å². The lowest BCUT2D eigenvalue weighted by Crippen LogP contribution is -2.40. The molecule has 0 saturated heterocycles. The molecule has 0 saturated carbocycles. The molecule has 1 aromatic heterocycles. The summed E-state index contributed by atoms with van der Waals surface area (Å²) in [5, 5.41) is 8.83. The van der Waals surface area contributed by atoms with E-state index in [1.807, 2.05) is 13.8 Å². The lowest BCUT2D eigenvalue weighted by Gasteiger charge is -2.19. The van der Waals surface area contributed by atoms with Crippen LogP contribution in [-0.2, 0) is 11.2 Å². The van der Waals surface area contributed by atoms with Crippen molar-refractivity contribution in [1.82, 2.24) is 4.90 Å². The number of carboxylic acid groups (broad SMARTS) is 1. The van der Waals surface area contributed by atoms with Gasteiger partial charge in [-0.15, -0.1) is 0 Å². The van der Waals surface area contributed by atoms with E-state index < -0.39 is 17.9 Å². The van der Waals surface area contributed by atoms with E-state index in [-0.39, 0.29) is 5.76 Å². The second-order valence-corrected chi connectivity index (χ2v) is 4.00. The number of nitrogens with zero attached hydrogens (tertiary/aromatic N) is 1. The summed E-state index contributed by atoms with van der Waals surface area (Å²) in [5.41, 5.74) is 0.909. The maximum Gasteiger partial charge on any atom is 0.326 e. The highest BCUT2D eigenvalue weighted by Gasteiger charge is 2.25. The number of likely N-dealkylation sites (N-methyl/N-ethyl adjacent to an activating group) is 1. The van der Waals surface area contributed by atoms with Crippen molar-refractivity contribution >= 4 is 11.9 Å². The Labute approximate surface area is 100 Å². The number of aliphatic carboxylic acids is 1. The zero-order valence-corrected chi connectivity index (χ0v) is 10.5. The summed E-state index contributed by atoms with van der Waals surface area (Å²) in [6, 6.07) is 0.768. The van der Waals surface area contributed by atoms with E-state index in [4.69, 9.17) is 9.52 Å². The average molecular weight is 239 g/mol. The van der Waals surface area contributed by atoms with Crippen LogP contribution in [0, 0.1) is 6.92 Å². The van der Waals surface area contributed by atoms with Crippen molar-refractivity contribution < 1.29 is 19.1 Å². The number of aryl methyl sites for hydroxylation is 2. The Hall–Kier alpha value is -1.78. The molecule has 94 valence electrons. The van der Waals surface area contributed by atoms with Gasteiger partial charge in [-0.1, -0.05) is 6.92 Å². The minimum atomic E-state index is -1.04. The molecule has 1 heterocycles. The topological polar surface area (TPSA) is 70.8 Å². The molecule has 1 rings (SSSR count). The van der Waals surface area contributed by atoms with Gasteiger partial charge in [0.15, 0.2) is 5.76 Å². The van der Waals surface area contributed by atoms with E-state index in [2.05, 4.69) is 0 Å². The van der Waals surface area contributed by atoms with E-state index >= 15 is 0 Å². The van der Waals surface area contributed by atoms with Gasteiger partial charge in [0.05, 0.1) is 0 Å². The van der Waals surface area contributed by atoms with Crippen LogP contribution >= 0.6 is 0 Å². The predicted octanol–water partition coefficient (Wildman–Crippen LogP) is 1.70. The number of hydrogen-bond donors (Lipinski definition) is 1.